The summed E-state index contributed by atoms with van der Waals surface area (Å²) in [5.74, 6) is 0. The van der Waals surface area contributed by atoms with Crippen LogP contribution in [0.5, 0.6) is 0 Å². The van der Waals surface area contributed by atoms with Crippen molar-refractivity contribution in [1.82, 2.24) is 4.40 Å². The molecule has 3 heterocycles. The van der Waals surface area contributed by atoms with Gasteiger partial charge in [0.05, 0.1) is 30.1 Å². The van der Waals surface area contributed by atoms with E-state index in [2.05, 4.69) is 83.1 Å². The highest BCUT2D eigenvalue weighted by Crippen LogP contribution is 2.34. The van der Waals surface area contributed by atoms with E-state index in [0.717, 1.165) is 26.3 Å². The van der Waals surface area contributed by atoms with Gasteiger partial charge in [0.2, 0.25) is 0 Å². The summed E-state index contributed by atoms with van der Waals surface area (Å²) in [5.41, 5.74) is 6.34. The maximum Gasteiger partial charge on any atom is 0.0697 e. The third-order valence-electron chi connectivity index (χ3n) is 5.31. The Morgan fingerprint density at radius 3 is 2.35 bits per heavy atom. The summed E-state index contributed by atoms with van der Waals surface area (Å²) >= 11 is 0. The SMILES string of the molecule is Cc1ccc(-c2cc(N3CCOCC3)c3cc4ccccc4cn23)cc1. The third kappa shape index (κ3) is 2.56. The fraction of sp³-hybridized carbons (Fsp3) is 0.217. The van der Waals surface area contributed by atoms with Crippen molar-refractivity contribution < 1.29 is 4.74 Å². The highest BCUT2D eigenvalue weighted by atomic mass is 16.5. The molecule has 4 aromatic rings. The Hall–Kier alpha value is -2.78. The summed E-state index contributed by atoms with van der Waals surface area (Å²) in [4.78, 5) is 2.45. The fourth-order valence-electron chi connectivity index (χ4n) is 3.86. The lowest BCUT2D eigenvalue weighted by Gasteiger charge is -2.28. The van der Waals surface area contributed by atoms with Crippen LogP contribution >= 0.6 is 0 Å². The minimum atomic E-state index is 0.796. The molecule has 0 bridgehead atoms. The van der Waals surface area contributed by atoms with Crippen molar-refractivity contribution in [1.29, 1.82) is 0 Å². The average Bonchev–Trinajstić information content (AvgIpc) is 3.06. The van der Waals surface area contributed by atoms with Gasteiger partial charge in [0.15, 0.2) is 0 Å². The van der Waals surface area contributed by atoms with Crippen molar-refractivity contribution in [3.8, 4) is 11.3 Å². The number of pyridine rings is 1. The molecule has 0 spiro atoms. The topological polar surface area (TPSA) is 16.9 Å². The molecule has 1 fully saturated rings. The van der Waals surface area contributed by atoms with Gasteiger partial charge >= 0.3 is 0 Å². The lowest BCUT2D eigenvalue weighted by molar-refractivity contribution is 0.123. The van der Waals surface area contributed by atoms with E-state index in [4.69, 9.17) is 4.74 Å². The Balaban J connectivity index is 1.77. The largest absolute Gasteiger partial charge is 0.378 e. The van der Waals surface area contributed by atoms with Crippen molar-refractivity contribution >= 4 is 22.0 Å². The standard InChI is InChI=1S/C23H22N2O/c1-17-6-8-18(9-7-17)21-15-22(24-10-12-26-13-11-24)23-14-19-4-2-3-5-20(19)16-25(21)23/h2-9,14-16H,10-13H2,1H3. The number of hydrogen-bond donors (Lipinski definition) is 0. The van der Waals surface area contributed by atoms with E-state index in [1.54, 1.807) is 0 Å². The molecule has 3 nitrogen and oxygen atoms in total. The molecule has 5 rings (SSSR count). The van der Waals surface area contributed by atoms with Gasteiger partial charge in [-0.1, -0.05) is 54.1 Å². The highest BCUT2D eigenvalue weighted by molar-refractivity contribution is 5.92. The monoisotopic (exact) mass is 342 g/mol. The van der Waals surface area contributed by atoms with Gasteiger partial charge < -0.3 is 14.0 Å². The highest BCUT2D eigenvalue weighted by Gasteiger charge is 2.18. The zero-order valence-corrected chi connectivity index (χ0v) is 15.0. The molecule has 1 saturated heterocycles. The van der Waals surface area contributed by atoms with Crippen LogP contribution in [0.1, 0.15) is 5.56 Å². The first kappa shape index (κ1) is 15.5. The molecule has 26 heavy (non-hydrogen) atoms. The number of aromatic nitrogens is 1. The van der Waals surface area contributed by atoms with Crippen LogP contribution in [0.15, 0.2) is 66.9 Å². The Labute approximate surface area is 153 Å². The summed E-state index contributed by atoms with van der Waals surface area (Å²) in [6.45, 7) is 5.61. The normalized spacial score (nSPS) is 15.0. The number of fused-ring (bicyclic) bond motifs is 2. The number of morpholine rings is 1. The number of benzene rings is 2. The number of nitrogens with zero attached hydrogens (tertiary/aromatic N) is 2. The van der Waals surface area contributed by atoms with Crippen molar-refractivity contribution in [2.24, 2.45) is 0 Å². The average molecular weight is 342 g/mol. The van der Waals surface area contributed by atoms with E-state index >= 15 is 0 Å². The molecule has 0 saturated carbocycles. The zero-order chi connectivity index (χ0) is 17.5. The summed E-state index contributed by atoms with van der Waals surface area (Å²) < 4.78 is 7.90. The predicted octanol–water partition coefficient (Wildman–Crippen LogP) is 4.90. The van der Waals surface area contributed by atoms with Gasteiger partial charge in [0, 0.05) is 19.3 Å². The van der Waals surface area contributed by atoms with E-state index in [1.807, 2.05) is 0 Å². The summed E-state index contributed by atoms with van der Waals surface area (Å²) in [7, 11) is 0. The number of hydrogen-bond acceptors (Lipinski definition) is 2. The molecule has 0 aliphatic carbocycles. The first-order valence-corrected chi connectivity index (χ1v) is 9.23. The first-order chi connectivity index (χ1) is 12.8. The van der Waals surface area contributed by atoms with Gasteiger partial charge in [-0.25, -0.2) is 0 Å². The maximum atomic E-state index is 5.56. The van der Waals surface area contributed by atoms with E-state index in [0.29, 0.717) is 0 Å². The number of rotatable bonds is 2. The van der Waals surface area contributed by atoms with E-state index in [9.17, 15) is 0 Å². The second kappa shape index (κ2) is 6.19. The minimum Gasteiger partial charge on any atom is -0.378 e. The number of ether oxygens (including phenoxy) is 1. The van der Waals surface area contributed by atoms with Crippen molar-refractivity contribution in [3.63, 3.8) is 0 Å². The summed E-state index contributed by atoms with van der Waals surface area (Å²) in [6.07, 6.45) is 2.27. The van der Waals surface area contributed by atoms with Gasteiger partial charge in [-0.3, -0.25) is 0 Å². The first-order valence-electron chi connectivity index (χ1n) is 9.23. The molecular formula is C23H22N2O. The summed E-state index contributed by atoms with van der Waals surface area (Å²) in [6, 6.07) is 22.0. The van der Waals surface area contributed by atoms with Crippen molar-refractivity contribution in [2.45, 2.75) is 6.92 Å². The van der Waals surface area contributed by atoms with Crippen LogP contribution in [-0.2, 0) is 4.74 Å². The van der Waals surface area contributed by atoms with Crippen LogP contribution < -0.4 is 4.90 Å². The smallest absolute Gasteiger partial charge is 0.0697 e. The fourth-order valence-corrected chi connectivity index (χ4v) is 3.86. The van der Waals surface area contributed by atoms with E-state index in [1.165, 1.54) is 38.8 Å². The Bertz CT molecular complexity index is 1070. The molecule has 2 aromatic heterocycles. The van der Waals surface area contributed by atoms with E-state index in [-0.39, 0.29) is 0 Å². The molecule has 0 N–H and O–H groups in total. The van der Waals surface area contributed by atoms with Crippen LogP contribution in [0.25, 0.3) is 27.5 Å². The van der Waals surface area contributed by atoms with Crippen LogP contribution in [0, 0.1) is 6.92 Å². The third-order valence-corrected chi connectivity index (χ3v) is 5.31. The van der Waals surface area contributed by atoms with Gasteiger partial charge in [-0.15, -0.1) is 0 Å². The van der Waals surface area contributed by atoms with Gasteiger partial charge in [-0.05, 0) is 35.4 Å². The molecule has 0 atom stereocenters. The molecule has 0 radical (unpaired) electrons. The molecule has 0 amide bonds. The van der Waals surface area contributed by atoms with Crippen LogP contribution in [0.2, 0.25) is 0 Å². The Morgan fingerprint density at radius 1 is 0.846 bits per heavy atom. The second-order valence-corrected chi connectivity index (χ2v) is 7.04. The quantitative estimate of drug-likeness (QED) is 0.515. The number of aryl methyl sites for hydroxylation is 1. The Morgan fingerprint density at radius 2 is 1.58 bits per heavy atom. The van der Waals surface area contributed by atoms with Crippen molar-refractivity contribution in [3.05, 3.63) is 72.4 Å². The minimum absolute atomic E-state index is 0.796. The van der Waals surface area contributed by atoms with Crippen LogP contribution in [0.4, 0.5) is 5.69 Å². The zero-order valence-electron chi connectivity index (χ0n) is 15.0. The lowest BCUT2D eigenvalue weighted by Crippen LogP contribution is -2.36. The molecule has 1 aliphatic rings. The molecule has 2 aromatic carbocycles. The predicted molar refractivity (Wildman–Crippen MR) is 108 cm³/mol. The summed E-state index contributed by atoms with van der Waals surface area (Å²) in [5, 5.41) is 2.54. The number of anilines is 1. The second-order valence-electron chi connectivity index (χ2n) is 7.04. The van der Waals surface area contributed by atoms with Gasteiger partial charge in [0.25, 0.3) is 0 Å². The lowest BCUT2D eigenvalue weighted by atomic mass is 10.1. The molecule has 0 unspecified atom stereocenters. The van der Waals surface area contributed by atoms with Crippen LogP contribution in [-0.4, -0.2) is 30.7 Å². The van der Waals surface area contributed by atoms with Crippen LogP contribution in [0.3, 0.4) is 0 Å². The van der Waals surface area contributed by atoms with Gasteiger partial charge in [0.1, 0.15) is 0 Å². The van der Waals surface area contributed by atoms with E-state index < -0.39 is 0 Å². The molecular weight excluding hydrogens is 320 g/mol. The Kier molecular flexibility index (Phi) is 3.68. The van der Waals surface area contributed by atoms with Crippen molar-refractivity contribution in [2.75, 3.05) is 31.2 Å². The maximum absolute atomic E-state index is 5.56. The molecule has 130 valence electrons. The molecule has 3 heteroatoms. The molecule has 1 aliphatic heterocycles. The van der Waals surface area contributed by atoms with Gasteiger partial charge in [-0.2, -0.15) is 0 Å².